The van der Waals surface area contributed by atoms with Crippen molar-refractivity contribution in [2.24, 2.45) is 17.8 Å². The summed E-state index contributed by atoms with van der Waals surface area (Å²) in [6.45, 7) is 3.19. The summed E-state index contributed by atoms with van der Waals surface area (Å²) in [7, 11) is -3.71. The van der Waals surface area contributed by atoms with Gasteiger partial charge in [-0.25, -0.2) is 18.4 Å². The number of aromatic nitrogens is 3. The molecule has 1 amide bonds. The Balaban J connectivity index is 1.26. The van der Waals surface area contributed by atoms with Crippen LogP contribution in [0.15, 0.2) is 35.6 Å². The van der Waals surface area contributed by atoms with Crippen LogP contribution >= 0.6 is 0 Å². The zero-order chi connectivity index (χ0) is 21.6. The van der Waals surface area contributed by atoms with Gasteiger partial charge in [-0.1, -0.05) is 12.8 Å². The molecule has 3 atom stereocenters. The van der Waals surface area contributed by atoms with Gasteiger partial charge in [-0.05, 0) is 43.7 Å². The van der Waals surface area contributed by atoms with Crippen molar-refractivity contribution in [3.63, 3.8) is 0 Å². The molecule has 8 nitrogen and oxygen atoms in total. The number of pyridine rings is 1. The summed E-state index contributed by atoms with van der Waals surface area (Å²) in [6.07, 6.45) is 9.50. The third-order valence-electron chi connectivity index (χ3n) is 6.96. The summed E-state index contributed by atoms with van der Waals surface area (Å²) < 4.78 is 27.9. The highest BCUT2D eigenvalue weighted by atomic mass is 32.2. The Morgan fingerprint density at radius 1 is 1.06 bits per heavy atom. The number of hydrogen-bond acceptors (Lipinski definition) is 6. The van der Waals surface area contributed by atoms with Crippen molar-refractivity contribution in [1.29, 1.82) is 0 Å². The van der Waals surface area contributed by atoms with E-state index in [-0.39, 0.29) is 16.7 Å². The van der Waals surface area contributed by atoms with Crippen molar-refractivity contribution in [3.05, 3.63) is 36.4 Å². The van der Waals surface area contributed by atoms with E-state index in [2.05, 4.69) is 15.0 Å². The number of amides is 1. The maximum Gasteiger partial charge on any atom is 0.246 e. The van der Waals surface area contributed by atoms with Gasteiger partial charge in [0, 0.05) is 50.1 Å². The first-order chi connectivity index (χ1) is 15.0. The molecule has 0 spiro atoms. The number of carbonyl (C=O) groups excluding carboxylic acids is 1. The lowest BCUT2D eigenvalue weighted by atomic mass is 10.0. The SMILES string of the molecule is Cc1nc(-c2cccnc2)ncc1S(=O)(=O)N1CCN(C(=O)C2[C@H]3CCCC[C@@H]23)CC1. The van der Waals surface area contributed by atoms with E-state index in [0.717, 1.165) is 5.56 Å². The zero-order valence-corrected chi connectivity index (χ0v) is 18.5. The molecule has 3 heterocycles. The van der Waals surface area contributed by atoms with E-state index in [1.54, 1.807) is 25.4 Å². The highest BCUT2D eigenvalue weighted by molar-refractivity contribution is 7.89. The molecule has 1 unspecified atom stereocenters. The topological polar surface area (TPSA) is 96.4 Å². The van der Waals surface area contributed by atoms with Crippen molar-refractivity contribution >= 4 is 15.9 Å². The molecule has 0 N–H and O–H groups in total. The van der Waals surface area contributed by atoms with Crippen LogP contribution in [0.2, 0.25) is 0 Å². The number of rotatable bonds is 4. The molecule has 3 aliphatic rings. The Labute approximate surface area is 182 Å². The Morgan fingerprint density at radius 3 is 2.39 bits per heavy atom. The Kier molecular flexibility index (Phi) is 5.26. The summed E-state index contributed by atoms with van der Waals surface area (Å²) in [5, 5.41) is 0. The minimum Gasteiger partial charge on any atom is -0.340 e. The summed E-state index contributed by atoms with van der Waals surface area (Å²) in [6, 6.07) is 3.62. The van der Waals surface area contributed by atoms with E-state index < -0.39 is 10.0 Å². The van der Waals surface area contributed by atoms with Crippen LogP contribution in [0.3, 0.4) is 0 Å². The molecule has 2 aliphatic carbocycles. The first-order valence-electron chi connectivity index (χ1n) is 11.0. The number of nitrogens with zero attached hydrogens (tertiary/aromatic N) is 5. The second-order valence-electron chi connectivity index (χ2n) is 8.75. The molecule has 5 rings (SSSR count). The molecule has 0 bridgehead atoms. The molecule has 2 aromatic rings. The average Bonchev–Trinajstić information content (AvgIpc) is 3.53. The molecule has 164 valence electrons. The number of aryl methyl sites for hydroxylation is 1. The van der Waals surface area contributed by atoms with Gasteiger partial charge in [0.25, 0.3) is 0 Å². The molecule has 1 saturated heterocycles. The van der Waals surface area contributed by atoms with Crippen molar-refractivity contribution in [3.8, 4) is 11.4 Å². The second kappa shape index (κ2) is 7.94. The van der Waals surface area contributed by atoms with E-state index in [4.69, 9.17) is 0 Å². The lowest BCUT2D eigenvalue weighted by Crippen LogP contribution is -2.51. The molecule has 2 aromatic heterocycles. The molecule has 9 heteroatoms. The fourth-order valence-corrected chi connectivity index (χ4v) is 6.73. The van der Waals surface area contributed by atoms with Gasteiger partial charge in [0.1, 0.15) is 4.90 Å². The summed E-state index contributed by atoms with van der Waals surface area (Å²) in [5.41, 5.74) is 1.15. The summed E-state index contributed by atoms with van der Waals surface area (Å²) in [4.78, 5) is 27.6. The highest BCUT2D eigenvalue weighted by Crippen LogP contribution is 2.56. The third kappa shape index (κ3) is 3.74. The number of carbonyl (C=O) groups is 1. The molecule has 31 heavy (non-hydrogen) atoms. The molecule has 0 aromatic carbocycles. The minimum absolute atomic E-state index is 0.119. The summed E-state index contributed by atoms with van der Waals surface area (Å²) >= 11 is 0. The average molecular weight is 442 g/mol. The van der Waals surface area contributed by atoms with Crippen LogP contribution in [0, 0.1) is 24.7 Å². The largest absolute Gasteiger partial charge is 0.340 e. The van der Waals surface area contributed by atoms with E-state index in [0.29, 0.717) is 49.5 Å². The van der Waals surface area contributed by atoms with Crippen LogP contribution in [-0.4, -0.2) is 64.7 Å². The van der Waals surface area contributed by atoms with Crippen molar-refractivity contribution in [1.82, 2.24) is 24.2 Å². The lowest BCUT2D eigenvalue weighted by molar-refractivity contribution is -0.134. The standard InChI is InChI=1S/C22H27N5O3S/c1-15-19(14-24-21(25-15)16-5-4-8-23-13-16)31(29,30)27-11-9-26(10-12-27)22(28)20-17-6-2-3-7-18(17)20/h4-5,8,13-14,17-18,20H,2-3,6-7,9-12H2,1H3/t17-,18+,20?. The molecular formula is C22H27N5O3S. The van der Waals surface area contributed by atoms with E-state index >= 15 is 0 Å². The normalized spacial score (nSPS) is 26.4. The van der Waals surface area contributed by atoms with Crippen LogP contribution in [-0.2, 0) is 14.8 Å². The van der Waals surface area contributed by atoms with Gasteiger partial charge in [-0.3, -0.25) is 9.78 Å². The van der Waals surface area contributed by atoms with Gasteiger partial charge in [0.15, 0.2) is 5.82 Å². The fraction of sp³-hybridized carbons (Fsp3) is 0.545. The Bertz CT molecular complexity index is 1070. The van der Waals surface area contributed by atoms with Gasteiger partial charge < -0.3 is 4.90 Å². The zero-order valence-electron chi connectivity index (χ0n) is 17.6. The van der Waals surface area contributed by atoms with E-state index in [1.165, 1.54) is 36.2 Å². The monoisotopic (exact) mass is 441 g/mol. The van der Waals surface area contributed by atoms with Gasteiger partial charge in [-0.2, -0.15) is 4.31 Å². The van der Waals surface area contributed by atoms with Gasteiger partial charge in [0.2, 0.25) is 15.9 Å². The lowest BCUT2D eigenvalue weighted by Gasteiger charge is -2.34. The van der Waals surface area contributed by atoms with Crippen LogP contribution in [0.25, 0.3) is 11.4 Å². The summed E-state index contributed by atoms with van der Waals surface area (Å²) in [5.74, 6) is 2.00. The number of piperazine rings is 1. The van der Waals surface area contributed by atoms with Crippen molar-refractivity contribution < 1.29 is 13.2 Å². The Hall–Kier alpha value is -2.39. The smallest absolute Gasteiger partial charge is 0.246 e. The van der Waals surface area contributed by atoms with Gasteiger partial charge in [-0.15, -0.1) is 0 Å². The Morgan fingerprint density at radius 2 is 1.77 bits per heavy atom. The minimum atomic E-state index is -3.71. The van der Waals surface area contributed by atoms with Gasteiger partial charge >= 0.3 is 0 Å². The maximum absolute atomic E-state index is 13.2. The van der Waals surface area contributed by atoms with Crippen molar-refractivity contribution in [2.45, 2.75) is 37.5 Å². The predicted octanol–water partition coefficient (Wildman–Crippen LogP) is 2.12. The molecule has 0 radical (unpaired) electrons. The van der Waals surface area contributed by atoms with Crippen LogP contribution < -0.4 is 0 Å². The predicted molar refractivity (Wildman–Crippen MR) is 114 cm³/mol. The third-order valence-corrected chi connectivity index (χ3v) is 8.97. The van der Waals surface area contributed by atoms with Crippen LogP contribution in [0.4, 0.5) is 0 Å². The molecule has 3 fully saturated rings. The molecule has 1 aliphatic heterocycles. The molecule has 2 saturated carbocycles. The van der Waals surface area contributed by atoms with Gasteiger partial charge in [0.05, 0.1) is 11.9 Å². The first kappa shape index (κ1) is 20.5. The number of fused-ring (bicyclic) bond motifs is 1. The second-order valence-corrected chi connectivity index (χ2v) is 10.7. The first-order valence-corrected chi connectivity index (χ1v) is 12.4. The van der Waals surface area contributed by atoms with Crippen LogP contribution in [0.1, 0.15) is 31.4 Å². The number of hydrogen-bond donors (Lipinski definition) is 0. The maximum atomic E-state index is 13.2. The highest BCUT2D eigenvalue weighted by Gasteiger charge is 2.56. The molecular weight excluding hydrogens is 414 g/mol. The van der Waals surface area contributed by atoms with Crippen LogP contribution in [0.5, 0.6) is 0 Å². The van der Waals surface area contributed by atoms with Crippen molar-refractivity contribution in [2.75, 3.05) is 26.2 Å². The fourth-order valence-electron chi connectivity index (χ4n) is 5.20. The number of sulfonamides is 1. The quantitative estimate of drug-likeness (QED) is 0.721. The van der Waals surface area contributed by atoms with E-state index in [1.807, 2.05) is 11.0 Å². The van der Waals surface area contributed by atoms with E-state index in [9.17, 15) is 13.2 Å².